The van der Waals surface area contributed by atoms with E-state index in [0.29, 0.717) is 30.1 Å². The predicted molar refractivity (Wildman–Crippen MR) is 108 cm³/mol. The zero-order valence-electron chi connectivity index (χ0n) is 14.7. The lowest BCUT2D eigenvalue weighted by molar-refractivity contribution is -0.120. The molecule has 0 unspecified atom stereocenters. The molecular formula is C18H21BrN2O3S2. The minimum absolute atomic E-state index is 0.0362. The Labute approximate surface area is 166 Å². The molecule has 5 nitrogen and oxygen atoms in total. The van der Waals surface area contributed by atoms with Crippen LogP contribution in [0.3, 0.4) is 0 Å². The molecule has 0 radical (unpaired) electrons. The Bertz CT molecular complexity index is 896. The highest BCUT2D eigenvalue weighted by Gasteiger charge is 2.32. The fraction of sp³-hybridized carbons (Fsp3) is 0.389. The number of nitrogens with one attached hydrogen (secondary N) is 1. The van der Waals surface area contributed by atoms with E-state index in [2.05, 4.69) is 27.3 Å². The van der Waals surface area contributed by atoms with E-state index < -0.39 is 10.0 Å². The second-order valence-corrected chi connectivity index (χ2v) is 11.2. The summed E-state index contributed by atoms with van der Waals surface area (Å²) in [5.41, 5.74) is 3.00. The number of halogens is 1. The zero-order chi connectivity index (χ0) is 18.9. The molecule has 1 amide bonds. The van der Waals surface area contributed by atoms with Crippen LogP contribution in [-0.4, -0.2) is 31.7 Å². The summed E-state index contributed by atoms with van der Waals surface area (Å²) in [7, 11) is -3.47. The van der Waals surface area contributed by atoms with Gasteiger partial charge in [-0.05, 0) is 78.0 Å². The van der Waals surface area contributed by atoms with Gasteiger partial charge < -0.3 is 5.32 Å². The number of hydrogen-bond acceptors (Lipinski definition) is 4. The van der Waals surface area contributed by atoms with Crippen LogP contribution in [-0.2, 0) is 14.8 Å². The quantitative estimate of drug-likeness (QED) is 0.750. The number of nitrogens with zero attached hydrogens (tertiary/aromatic N) is 1. The van der Waals surface area contributed by atoms with E-state index in [9.17, 15) is 13.2 Å². The summed E-state index contributed by atoms with van der Waals surface area (Å²) in [5, 5.41) is 2.97. The fourth-order valence-corrected chi connectivity index (χ4v) is 6.85. The van der Waals surface area contributed by atoms with Crippen LogP contribution in [0.2, 0.25) is 0 Å². The fourth-order valence-electron chi connectivity index (χ4n) is 3.21. The van der Waals surface area contributed by atoms with Gasteiger partial charge in [-0.15, -0.1) is 11.3 Å². The lowest BCUT2D eigenvalue weighted by Gasteiger charge is -2.30. The number of thiophene rings is 1. The van der Waals surface area contributed by atoms with E-state index in [1.807, 2.05) is 26.0 Å². The van der Waals surface area contributed by atoms with Crippen molar-refractivity contribution in [2.45, 2.75) is 30.9 Å². The van der Waals surface area contributed by atoms with E-state index in [1.165, 1.54) is 15.6 Å². The summed E-state index contributed by atoms with van der Waals surface area (Å²) >= 11 is 4.51. The normalized spacial score (nSPS) is 16.6. The summed E-state index contributed by atoms with van der Waals surface area (Å²) in [6, 6.07) is 9.30. The smallest absolute Gasteiger partial charge is 0.252 e. The lowest BCUT2D eigenvalue weighted by atomic mass is 9.97. The molecule has 3 rings (SSSR count). The van der Waals surface area contributed by atoms with Crippen molar-refractivity contribution >= 4 is 48.9 Å². The number of sulfonamides is 1. The Morgan fingerprint density at radius 1 is 1.15 bits per heavy atom. The first-order chi connectivity index (χ1) is 12.3. The predicted octanol–water partition coefficient (Wildman–Crippen LogP) is 4.17. The van der Waals surface area contributed by atoms with Gasteiger partial charge in [-0.3, -0.25) is 4.79 Å². The van der Waals surface area contributed by atoms with Crippen LogP contribution in [0.5, 0.6) is 0 Å². The first kappa shape index (κ1) is 19.5. The number of hydrogen-bond donors (Lipinski definition) is 1. The highest BCUT2D eigenvalue weighted by atomic mass is 79.9. The maximum Gasteiger partial charge on any atom is 0.252 e. The van der Waals surface area contributed by atoms with Crippen LogP contribution in [0, 0.1) is 19.8 Å². The molecule has 0 aliphatic carbocycles. The SMILES string of the molecule is Cc1cc(C)cc(NC(=O)C2CCN(S(=O)(=O)c3ccc(Br)s3)CC2)c1. The highest BCUT2D eigenvalue weighted by molar-refractivity contribution is 9.11. The maximum atomic E-state index is 12.7. The average Bonchev–Trinajstić information content (AvgIpc) is 3.01. The first-order valence-corrected chi connectivity index (χ1v) is 11.5. The number of carbonyl (C=O) groups excluding carboxylic acids is 1. The van der Waals surface area contributed by atoms with Gasteiger partial charge in [0.15, 0.2) is 0 Å². The van der Waals surface area contributed by atoms with Crippen LogP contribution in [0.1, 0.15) is 24.0 Å². The molecule has 0 atom stereocenters. The van der Waals surface area contributed by atoms with Gasteiger partial charge >= 0.3 is 0 Å². The van der Waals surface area contributed by atoms with Gasteiger partial charge in [-0.25, -0.2) is 8.42 Å². The van der Waals surface area contributed by atoms with Gasteiger partial charge in [0.05, 0.1) is 3.79 Å². The van der Waals surface area contributed by atoms with Crippen molar-refractivity contribution in [3.8, 4) is 0 Å². The van der Waals surface area contributed by atoms with E-state index in [0.717, 1.165) is 20.6 Å². The van der Waals surface area contributed by atoms with Crippen molar-refractivity contribution in [3.05, 3.63) is 45.2 Å². The Morgan fingerprint density at radius 3 is 2.31 bits per heavy atom. The van der Waals surface area contributed by atoms with Gasteiger partial charge in [-0.1, -0.05) is 6.07 Å². The van der Waals surface area contributed by atoms with Gasteiger partial charge in [0.2, 0.25) is 5.91 Å². The topological polar surface area (TPSA) is 66.5 Å². The molecule has 0 saturated carbocycles. The number of amides is 1. The number of piperidine rings is 1. The molecule has 1 fully saturated rings. The van der Waals surface area contributed by atoms with Gasteiger partial charge in [0.1, 0.15) is 4.21 Å². The maximum absolute atomic E-state index is 12.7. The van der Waals surface area contributed by atoms with Crippen molar-refractivity contribution < 1.29 is 13.2 Å². The van der Waals surface area contributed by atoms with Crippen LogP contribution in [0.25, 0.3) is 0 Å². The Morgan fingerprint density at radius 2 is 1.77 bits per heavy atom. The molecule has 1 saturated heterocycles. The summed E-state index contributed by atoms with van der Waals surface area (Å²) in [6.45, 7) is 4.72. The molecule has 140 valence electrons. The van der Waals surface area contributed by atoms with E-state index >= 15 is 0 Å². The van der Waals surface area contributed by atoms with Gasteiger partial charge in [0.25, 0.3) is 10.0 Å². The zero-order valence-corrected chi connectivity index (χ0v) is 17.9. The largest absolute Gasteiger partial charge is 0.326 e. The minimum Gasteiger partial charge on any atom is -0.326 e. The third-order valence-corrected chi connectivity index (χ3v) is 8.45. The summed E-state index contributed by atoms with van der Waals surface area (Å²) in [4.78, 5) is 12.5. The van der Waals surface area contributed by atoms with E-state index in [-0.39, 0.29) is 11.8 Å². The summed E-state index contributed by atoms with van der Waals surface area (Å²) in [5.74, 6) is -0.205. The molecule has 1 aromatic heterocycles. The number of anilines is 1. The van der Waals surface area contributed by atoms with Crippen LogP contribution in [0.4, 0.5) is 5.69 Å². The Hall–Kier alpha value is -1.22. The third-order valence-electron chi connectivity index (χ3n) is 4.46. The number of aryl methyl sites for hydroxylation is 2. The van der Waals surface area contributed by atoms with Crippen molar-refractivity contribution in [1.82, 2.24) is 4.31 Å². The van der Waals surface area contributed by atoms with Crippen molar-refractivity contribution in [3.63, 3.8) is 0 Å². The second kappa shape index (κ2) is 7.80. The summed E-state index contributed by atoms with van der Waals surface area (Å²) in [6.07, 6.45) is 1.06. The summed E-state index contributed by atoms with van der Waals surface area (Å²) < 4.78 is 27.9. The minimum atomic E-state index is -3.47. The molecule has 0 spiro atoms. The van der Waals surface area contributed by atoms with E-state index in [4.69, 9.17) is 0 Å². The molecular weight excluding hydrogens is 436 g/mol. The average molecular weight is 457 g/mol. The molecule has 8 heteroatoms. The Kier molecular flexibility index (Phi) is 5.86. The molecule has 26 heavy (non-hydrogen) atoms. The highest BCUT2D eigenvalue weighted by Crippen LogP contribution is 2.31. The molecule has 2 heterocycles. The second-order valence-electron chi connectivity index (χ2n) is 6.60. The third kappa shape index (κ3) is 4.36. The molecule has 1 aliphatic heterocycles. The van der Waals surface area contributed by atoms with Crippen molar-refractivity contribution in [2.24, 2.45) is 5.92 Å². The number of benzene rings is 1. The number of rotatable bonds is 4. The van der Waals surface area contributed by atoms with Crippen LogP contribution >= 0.6 is 27.3 Å². The lowest BCUT2D eigenvalue weighted by Crippen LogP contribution is -2.41. The monoisotopic (exact) mass is 456 g/mol. The van der Waals surface area contributed by atoms with Crippen LogP contribution in [0.15, 0.2) is 38.3 Å². The van der Waals surface area contributed by atoms with Gasteiger partial charge in [0, 0.05) is 24.7 Å². The molecule has 1 N–H and O–H groups in total. The molecule has 1 aromatic carbocycles. The van der Waals surface area contributed by atoms with Crippen LogP contribution < -0.4 is 5.32 Å². The van der Waals surface area contributed by atoms with Crippen molar-refractivity contribution in [1.29, 1.82) is 0 Å². The van der Waals surface area contributed by atoms with Crippen molar-refractivity contribution in [2.75, 3.05) is 18.4 Å². The Balaban J connectivity index is 1.62. The van der Waals surface area contributed by atoms with Gasteiger partial charge in [-0.2, -0.15) is 4.31 Å². The first-order valence-electron chi connectivity index (χ1n) is 8.40. The molecule has 0 bridgehead atoms. The number of carbonyl (C=O) groups is 1. The molecule has 2 aromatic rings. The van der Waals surface area contributed by atoms with E-state index in [1.54, 1.807) is 12.1 Å². The standard InChI is InChI=1S/C18H21BrN2O3S2/c1-12-9-13(2)11-15(10-12)20-18(22)14-5-7-21(8-6-14)26(23,24)17-4-3-16(19)25-17/h3-4,9-11,14H,5-8H2,1-2H3,(H,20,22). The molecule has 1 aliphatic rings.